The summed E-state index contributed by atoms with van der Waals surface area (Å²) in [4.78, 5) is 0. The SMILES string of the molecule is CCCCCCCCCCCCC/C=C/C(O)C(CC)CO. The van der Waals surface area contributed by atoms with Gasteiger partial charge in [0.15, 0.2) is 0 Å². The topological polar surface area (TPSA) is 40.5 Å². The van der Waals surface area contributed by atoms with E-state index < -0.39 is 6.10 Å². The molecule has 0 radical (unpaired) electrons. The number of aliphatic hydroxyl groups excluding tert-OH is 2. The van der Waals surface area contributed by atoms with Gasteiger partial charge >= 0.3 is 0 Å². The Labute approximate surface area is 139 Å². The molecule has 2 N–H and O–H groups in total. The molecule has 0 aromatic heterocycles. The molecule has 2 unspecified atom stereocenters. The summed E-state index contributed by atoms with van der Waals surface area (Å²) < 4.78 is 0. The van der Waals surface area contributed by atoms with Crippen LogP contribution in [0.25, 0.3) is 0 Å². The molecule has 2 heteroatoms. The molecule has 2 nitrogen and oxygen atoms in total. The molecular weight excluding hydrogens is 272 g/mol. The Morgan fingerprint density at radius 3 is 1.73 bits per heavy atom. The molecule has 0 aliphatic carbocycles. The Kier molecular flexibility index (Phi) is 16.8. The highest BCUT2D eigenvalue weighted by molar-refractivity contribution is 4.91. The molecule has 0 aliphatic rings. The van der Waals surface area contributed by atoms with E-state index in [2.05, 4.69) is 13.0 Å². The van der Waals surface area contributed by atoms with Crippen LogP contribution >= 0.6 is 0 Å². The van der Waals surface area contributed by atoms with E-state index >= 15 is 0 Å². The van der Waals surface area contributed by atoms with Crippen molar-refractivity contribution >= 4 is 0 Å². The van der Waals surface area contributed by atoms with Crippen molar-refractivity contribution in [3.63, 3.8) is 0 Å². The van der Waals surface area contributed by atoms with Crippen molar-refractivity contribution in [2.24, 2.45) is 5.92 Å². The van der Waals surface area contributed by atoms with Crippen molar-refractivity contribution < 1.29 is 10.2 Å². The molecule has 0 bridgehead atoms. The molecule has 0 aliphatic heterocycles. The summed E-state index contributed by atoms with van der Waals surface area (Å²) in [6.45, 7) is 4.34. The van der Waals surface area contributed by atoms with Crippen LogP contribution in [0.1, 0.15) is 97.3 Å². The third-order valence-electron chi connectivity index (χ3n) is 4.55. The lowest BCUT2D eigenvalue weighted by Crippen LogP contribution is -2.20. The number of hydrogen-bond acceptors (Lipinski definition) is 2. The van der Waals surface area contributed by atoms with Gasteiger partial charge in [0.05, 0.1) is 6.10 Å². The van der Waals surface area contributed by atoms with Crippen molar-refractivity contribution in [1.29, 1.82) is 0 Å². The summed E-state index contributed by atoms with van der Waals surface area (Å²) in [5.74, 6) is -0.00595. The van der Waals surface area contributed by atoms with Gasteiger partial charge in [-0.1, -0.05) is 90.2 Å². The summed E-state index contributed by atoms with van der Waals surface area (Å²) in [5, 5.41) is 18.9. The zero-order chi connectivity index (χ0) is 16.5. The maximum absolute atomic E-state index is 9.84. The molecule has 0 aromatic carbocycles. The Morgan fingerprint density at radius 1 is 0.773 bits per heavy atom. The Balaban J connectivity index is 3.29. The van der Waals surface area contributed by atoms with Crippen molar-refractivity contribution in [3.8, 4) is 0 Å². The minimum atomic E-state index is -0.484. The quantitative estimate of drug-likeness (QED) is 0.287. The van der Waals surface area contributed by atoms with Crippen LogP contribution in [0.4, 0.5) is 0 Å². The number of unbranched alkanes of at least 4 members (excludes halogenated alkanes) is 11. The van der Waals surface area contributed by atoms with E-state index in [-0.39, 0.29) is 12.5 Å². The largest absolute Gasteiger partial charge is 0.396 e. The molecule has 0 spiro atoms. The summed E-state index contributed by atoms with van der Waals surface area (Å²) >= 11 is 0. The molecule has 0 fully saturated rings. The molecule has 0 saturated carbocycles. The van der Waals surface area contributed by atoms with E-state index in [0.717, 1.165) is 12.8 Å². The lowest BCUT2D eigenvalue weighted by molar-refractivity contribution is 0.0980. The summed E-state index contributed by atoms with van der Waals surface area (Å²) in [5.41, 5.74) is 0. The first-order chi connectivity index (χ1) is 10.8. The normalized spacial score (nSPS) is 14.5. The third-order valence-corrected chi connectivity index (χ3v) is 4.55. The molecule has 0 aromatic rings. The summed E-state index contributed by atoms with van der Waals surface area (Å²) in [6, 6.07) is 0. The Hall–Kier alpha value is -0.340. The van der Waals surface area contributed by atoms with Crippen LogP contribution in [-0.2, 0) is 0 Å². The van der Waals surface area contributed by atoms with Crippen LogP contribution in [0.5, 0.6) is 0 Å². The molecule has 0 amide bonds. The first kappa shape index (κ1) is 21.7. The second-order valence-electron chi connectivity index (χ2n) is 6.59. The molecule has 0 rings (SSSR count). The van der Waals surface area contributed by atoms with Crippen LogP contribution in [0.2, 0.25) is 0 Å². The Morgan fingerprint density at radius 2 is 1.27 bits per heavy atom. The van der Waals surface area contributed by atoms with Crippen LogP contribution in [0.15, 0.2) is 12.2 Å². The average molecular weight is 313 g/mol. The molecule has 2 atom stereocenters. The van der Waals surface area contributed by atoms with Crippen molar-refractivity contribution in [1.82, 2.24) is 0 Å². The van der Waals surface area contributed by atoms with E-state index in [1.807, 2.05) is 13.0 Å². The molecule has 0 saturated heterocycles. The average Bonchev–Trinajstić information content (AvgIpc) is 2.53. The monoisotopic (exact) mass is 312 g/mol. The van der Waals surface area contributed by atoms with Crippen LogP contribution in [0.3, 0.4) is 0 Å². The van der Waals surface area contributed by atoms with Gasteiger partial charge in [0.25, 0.3) is 0 Å². The molecule has 132 valence electrons. The zero-order valence-corrected chi connectivity index (χ0v) is 15.1. The Bertz CT molecular complexity index is 234. The highest BCUT2D eigenvalue weighted by Gasteiger charge is 2.12. The predicted octanol–water partition coefficient (Wildman–Crippen LogP) is 5.62. The third kappa shape index (κ3) is 13.3. The van der Waals surface area contributed by atoms with Gasteiger partial charge in [0, 0.05) is 12.5 Å². The van der Waals surface area contributed by atoms with E-state index in [1.165, 1.54) is 70.6 Å². The van der Waals surface area contributed by atoms with Crippen molar-refractivity contribution in [2.45, 2.75) is 103 Å². The van der Waals surface area contributed by atoms with Crippen molar-refractivity contribution in [2.75, 3.05) is 6.61 Å². The molecule has 22 heavy (non-hydrogen) atoms. The van der Waals surface area contributed by atoms with Gasteiger partial charge in [-0.25, -0.2) is 0 Å². The fourth-order valence-electron chi connectivity index (χ4n) is 2.80. The molecular formula is C20H40O2. The van der Waals surface area contributed by atoms with E-state index in [9.17, 15) is 5.11 Å². The van der Waals surface area contributed by atoms with Gasteiger partial charge in [0.2, 0.25) is 0 Å². The second kappa shape index (κ2) is 17.0. The smallest absolute Gasteiger partial charge is 0.0770 e. The standard InChI is InChI=1S/C20H40O2/c1-3-5-6-7-8-9-10-11-12-13-14-15-16-17-20(22)19(4-2)18-21/h16-17,19-22H,3-15,18H2,1-2H3/b17-16+. The van der Waals surface area contributed by atoms with Gasteiger partial charge in [-0.15, -0.1) is 0 Å². The lowest BCUT2D eigenvalue weighted by Gasteiger charge is -2.15. The van der Waals surface area contributed by atoms with Gasteiger partial charge in [-0.2, -0.15) is 0 Å². The fraction of sp³-hybridized carbons (Fsp3) is 0.900. The van der Waals surface area contributed by atoms with Crippen molar-refractivity contribution in [3.05, 3.63) is 12.2 Å². The van der Waals surface area contributed by atoms with Gasteiger partial charge < -0.3 is 10.2 Å². The van der Waals surface area contributed by atoms with Crippen LogP contribution < -0.4 is 0 Å². The number of hydrogen-bond donors (Lipinski definition) is 2. The van der Waals surface area contributed by atoms with E-state index in [4.69, 9.17) is 5.11 Å². The van der Waals surface area contributed by atoms with Gasteiger partial charge in [-0.05, 0) is 19.3 Å². The lowest BCUT2D eigenvalue weighted by atomic mass is 9.99. The fourth-order valence-corrected chi connectivity index (χ4v) is 2.80. The zero-order valence-electron chi connectivity index (χ0n) is 15.1. The minimum Gasteiger partial charge on any atom is -0.396 e. The molecule has 0 heterocycles. The predicted molar refractivity (Wildman–Crippen MR) is 97.1 cm³/mol. The number of rotatable bonds is 16. The van der Waals surface area contributed by atoms with Crippen LogP contribution in [-0.4, -0.2) is 22.9 Å². The first-order valence-electron chi connectivity index (χ1n) is 9.71. The highest BCUT2D eigenvalue weighted by Crippen LogP contribution is 2.13. The van der Waals surface area contributed by atoms with E-state index in [0.29, 0.717) is 0 Å². The highest BCUT2D eigenvalue weighted by atomic mass is 16.3. The van der Waals surface area contributed by atoms with E-state index in [1.54, 1.807) is 0 Å². The maximum atomic E-state index is 9.84. The maximum Gasteiger partial charge on any atom is 0.0770 e. The first-order valence-corrected chi connectivity index (χ1v) is 9.71. The summed E-state index contributed by atoms with van der Waals surface area (Å²) in [6.07, 6.45) is 20.4. The second-order valence-corrected chi connectivity index (χ2v) is 6.59. The number of allylic oxidation sites excluding steroid dienone is 1. The number of aliphatic hydroxyl groups is 2. The minimum absolute atomic E-state index is 0.00595. The van der Waals surface area contributed by atoms with Gasteiger partial charge in [-0.3, -0.25) is 0 Å². The van der Waals surface area contributed by atoms with Gasteiger partial charge in [0.1, 0.15) is 0 Å². The van der Waals surface area contributed by atoms with Crippen LogP contribution in [0, 0.1) is 5.92 Å². The summed E-state index contributed by atoms with van der Waals surface area (Å²) in [7, 11) is 0.